The quantitative estimate of drug-likeness (QED) is 0.253. The van der Waals surface area contributed by atoms with Crippen molar-refractivity contribution in [2.45, 2.75) is 57.1 Å². The van der Waals surface area contributed by atoms with E-state index in [1.54, 1.807) is 6.92 Å². The van der Waals surface area contributed by atoms with Crippen LogP contribution in [0.25, 0.3) is 0 Å². The number of nitrogens with zero attached hydrogens (tertiary/aromatic N) is 1. The Morgan fingerprint density at radius 2 is 1.86 bits per heavy atom. The van der Waals surface area contributed by atoms with Crippen molar-refractivity contribution >= 4 is 29.5 Å². The van der Waals surface area contributed by atoms with Crippen molar-refractivity contribution in [3.8, 4) is 0 Å². The summed E-state index contributed by atoms with van der Waals surface area (Å²) in [5.74, 6) is -2.31. The number of hydrogen-bond acceptors (Lipinski definition) is 6. The first-order chi connectivity index (χ1) is 16.8. The van der Waals surface area contributed by atoms with E-state index in [0.717, 1.165) is 6.42 Å². The number of allylic oxidation sites excluding steroid dienone is 7. The van der Waals surface area contributed by atoms with Crippen LogP contribution in [0.1, 0.15) is 33.6 Å². The molecule has 0 radical (unpaired) electrons. The summed E-state index contributed by atoms with van der Waals surface area (Å²) in [5.41, 5.74) is 0.0247. The molecule has 0 spiro atoms. The zero-order valence-corrected chi connectivity index (χ0v) is 21.2. The number of carbonyl (C=O) groups excluding carboxylic acids is 2. The van der Waals surface area contributed by atoms with Gasteiger partial charge in [-0.1, -0.05) is 62.5 Å². The molecule has 3 rings (SSSR count). The van der Waals surface area contributed by atoms with E-state index in [-0.39, 0.29) is 40.8 Å². The lowest BCUT2D eigenvalue weighted by atomic mass is 9.79. The summed E-state index contributed by atoms with van der Waals surface area (Å²) in [4.78, 5) is 39.0. The van der Waals surface area contributed by atoms with Crippen LogP contribution < -0.4 is 10.6 Å². The number of carboxylic acids is 1. The van der Waals surface area contributed by atoms with Crippen LogP contribution >= 0.6 is 11.8 Å². The summed E-state index contributed by atoms with van der Waals surface area (Å²) in [6.45, 7) is 6.55. The predicted octanol–water partition coefficient (Wildman–Crippen LogP) is 2.35. The third-order valence-electron chi connectivity index (χ3n) is 6.47. The van der Waals surface area contributed by atoms with Crippen LogP contribution in [0.15, 0.2) is 59.2 Å². The monoisotopic (exact) mass is 501 g/mol. The highest BCUT2D eigenvalue weighted by molar-refractivity contribution is 8.03. The molecule has 35 heavy (non-hydrogen) atoms. The minimum atomic E-state index is -1.13. The third kappa shape index (κ3) is 6.15. The Labute approximate surface area is 210 Å². The van der Waals surface area contributed by atoms with Crippen LogP contribution in [0.3, 0.4) is 0 Å². The number of aliphatic hydroxyl groups is 1. The molecule has 3 heterocycles. The molecule has 1 unspecified atom stereocenters. The standard InChI is InChI=1S/C26H35N3O5S/c1-4-5-6-7-8-9-10-11-12-13-27-24(31)19-14-18(15-28-19)35-23-16(2)21-20(17(3)30)25(32)29(21)22(23)26(33)34/h5-12,16-21,28,30H,4,13-15H2,1-3H3,(H,27,31)(H,33,34)/b6-5+,8-7+,10-9+,12-11+/t16-,17-,18+,19+,20-,21?/m1/s1. The van der Waals surface area contributed by atoms with Gasteiger partial charge in [-0.3, -0.25) is 9.59 Å². The van der Waals surface area contributed by atoms with E-state index >= 15 is 0 Å². The number of nitrogens with one attached hydrogen (secondary N) is 2. The minimum Gasteiger partial charge on any atom is -0.477 e. The lowest BCUT2D eigenvalue weighted by molar-refractivity contribution is -0.163. The molecule has 2 fully saturated rings. The van der Waals surface area contributed by atoms with Gasteiger partial charge in [-0.15, -0.1) is 11.8 Å². The van der Waals surface area contributed by atoms with Gasteiger partial charge in [-0.05, 0) is 19.8 Å². The lowest BCUT2D eigenvalue weighted by Crippen LogP contribution is -2.63. The van der Waals surface area contributed by atoms with E-state index in [1.165, 1.54) is 16.7 Å². The molecule has 3 aliphatic heterocycles. The molecule has 9 heteroatoms. The highest BCUT2D eigenvalue weighted by Crippen LogP contribution is 2.51. The Morgan fingerprint density at radius 3 is 2.49 bits per heavy atom. The van der Waals surface area contributed by atoms with Gasteiger partial charge in [0.05, 0.1) is 24.1 Å². The molecule has 0 saturated carbocycles. The predicted molar refractivity (Wildman–Crippen MR) is 137 cm³/mol. The average molecular weight is 502 g/mol. The number of fused-ring (bicyclic) bond motifs is 1. The number of aliphatic hydroxyl groups excluding tert-OH is 1. The number of thioether (sulfide) groups is 1. The van der Waals surface area contributed by atoms with Crippen LogP contribution in [0.2, 0.25) is 0 Å². The molecule has 0 bridgehead atoms. The van der Waals surface area contributed by atoms with Gasteiger partial charge in [0.1, 0.15) is 5.70 Å². The number of amides is 2. The zero-order valence-electron chi connectivity index (χ0n) is 20.4. The molecule has 2 saturated heterocycles. The molecule has 0 aromatic rings. The van der Waals surface area contributed by atoms with Gasteiger partial charge in [0.25, 0.3) is 0 Å². The van der Waals surface area contributed by atoms with E-state index < -0.39 is 18.0 Å². The number of rotatable bonds is 11. The van der Waals surface area contributed by atoms with E-state index in [0.29, 0.717) is 24.4 Å². The van der Waals surface area contributed by atoms with E-state index in [1.807, 2.05) is 49.5 Å². The van der Waals surface area contributed by atoms with Gasteiger partial charge >= 0.3 is 5.97 Å². The summed E-state index contributed by atoms with van der Waals surface area (Å²) in [6.07, 6.45) is 16.3. The van der Waals surface area contributed by atoms with Crippen LogP contribution in [-0.2, 0) is 14.4 Å². The van der Waals surface area contributed by atoms with Gasteiger partial charge in [0.15, 0.2) is 0 Å². The largest absolute Gasteiger partial charge is 0.477 e. The van der Waals surface area contributed by atoms with Crippen LogP contribution in [0.5, 0.6) is 0 Å². The Bertz CT molecular complexity index is 968. The van der Waals surface area contributed by atoms with Crippen molar-refractivity contribution in [2.75, 3.05) is 13.1 Å². The average Bonchev–Trinajstić information content (AvgIpc) is 3.37. The molecule has 0 aliphatic carbocycles. The molecule has 8 nitrogen and oxygen atoms in total. The van der Waals surface area contributed by atoms with Gasteiger partial charge in [-0.25, -0.2) is 4.79 Å². The summed E-state index contributed by atoms with van der Waals surface area (Å²) in [5, 5.41) is 25.9. The molecule has 4 N–H and O–H groups in total. The van der Waals surface area contributed by atoms with Gasteiger partial charge in [0.2, 0.25) is 11.8 Å². The van der Waals surface area contributed by atoms with Gasteiger partial charge in [-0.2, -0.15) is 0 Å². The zero-order chi connectivity index (χ0) is 25.5. The van der Waals surface area contributed by atoms with E-state index in [2.05, 4.69) is 23.6 Å². The van der Waals surface area contributed by atoms with Gasteiger partial charge in [0, 0.05) is 29.2 Å². The fourth-order valence-electron chi connectivity index (χ4n) is 4.75. The second-order valence-electron chi connectivity index (χ2n) is 8.99. The Kier molecular flexibility index (Phi) is 9.54. The first-order valence-corrected chi connectivity index (χ1v) is 13.0. The molecular weight excluding hydrogens is 466 g/mol. The SMILES string of the molecule is CC/C=C/C=C/C=C/C=C/CNC(=O)[C@@H]1C[C@H](SC2=C(C(=O)O)N3C(=O)[C@H]([C@@H](C)O)C3[C@H]2C)CN1. The van der Waals surface area contributed by atoms with E-state index in [9.17, 15) is 24.6 Å². The van der Waals surface area contributed by atoms with Crippen molar-refractivity contribution in [3.05, 3.63) is 59.2 Å². The van der Waals surface area contributed by atoms with Crippen molar-refractivity contribution < 1.29 is 24.6 Å². The molecule has 0 aromatic carbocycles. The Hall–Kier alpha value is -2.62. The summed E-state index contributed by atoms with van der Waals surface area (Å²) >= 11 is 1.43. The van der Waals surface area contributed by atoms with Crippen LogP contribution in [0.4, 0.5) is 0 Å². The second kappa shape index (κ2) is 12.4. The Balaban J connectivity index is 1.50. The summed E-state index contributed by atoms with van der Waals surface area (Å²) in [7, 11) is 0. The number of aliphatic carboxylic acids is 1. The first-order valence-electron chi connectivity index (χ1n) is 12.1. The van der Waals surface area contributed by atoms with Crippen molar-refractivity contribution in [1.82, 2.24) is 15.5 Å². The maximum absolute atomic E-state index is 12.5. The highest BCUT2D eigenvalue weighted by Gasteiger charge is 2.60. The molecular formula is C26H35N3O5S. The number of hydrogen-bond donors (Lipinski definition) is 4. The number of carboxylic acid groups (broad SMARTS) is 1. The summed E-state index contributed by atoms with van der Waals surface area (Å²) < 4.78 is 0. The molecule has 190 valence electrons. The fourth-order valence-corrected chi connectivity index (χ4v) is 6.23. The van der Waals surface area contributed by atoms with Gasteiger partial charge < -0.3 is 25.7 Å². The van der Waals surface area contributed by atoms with Crippen LogP contribution in [-0.4, -0.2) is 69.4 Å². The molecule has 2 amide bonds. The molecule has 3 aliphatic rings. The highest BCUT2D eigenvalue weighted by atomic mass is 32.2. The van der Waals surface area contributed by atoms with Crippen molar-refractivity contribution in [2.24, 2.45) is 11.8 Å². The molecule has 6 atom stereocenters. The fraction of sp³-hybridized carbons (Fsp3) is 0.500. The minimum absolute atomic E-state index is 0.0170. The maximum Gasteiger partial charge on any atom is 0.353 e. The Morgan fingerprint density at radius 1 is 1.20 bits per heavy atom. The summed E-state index contributed by atoms with van der Waals surface area (Å²) in [6, 6.07) is -0.673. The number of carbonyl (C=O) groups is 3. The first kappa shape index (κ1) is 27.0. The lowest BCUT2D eigenvalue weighted by Gasteiger charge is -2.46. The van der Waals surface area contributed by atoms with Crippen LogP contribution in [0, 0.1) is 11.8 Å². The normalized spacial score (nSPS) is 29.7. The molecule has 0 aromatic heterocycles. The van der Waals surface area contributed by atoms with Crippen molar-refractivity contribution in [1.29, 1.82) is 0 Å². The second-order valence-corrected chi connectivity index (χ2v) is 10.3. The smallest absolute Gasteiger partial charge is 0.353 e. The third-order valence-corrected chi connectivity index (χ3v) is 7.98. The topological polar surface area (TPSA) is 119 Å². The van der Waals surface area contributed by atoms with E-state index in [4.69, 9.17) is 0 Å². The van der Waals surface area contributed by atoms with Crippen molar-refractivity contribution in [3.63, 3.8) is 0 Å². The number of β-lactam (4-membered cyclic amide) rings is 1. The maximum atomic E-state index is 12.5.